The third-order valence-electron chi connectivity index (χ3n) is 3.61. The van der Waals surface area contributed by atoms with Gasteiger partial charge in [0.15, 0.2) is 0 Å². The van der Waals surface area contributed by atoms with Gasteiger partial charge in [0, 0.05) is 19.3 Å². The number of aromatic amines is 1. The van der Waals surface area contributed by atoms with E-state index in [9.17, 15) is 14.4 Å². The fourth-order valence-electron chi connectivity index (χ4n) is 2.45. The molecule has 0 bridgehead atoms. The van der Waals surface area contributed by atoms with Crippen LogP contribution in [0.15, 0.2) is 0 Å². The quantitative estimate of drug-likeness (QED) is 0.674. The summed E-state index contributed by atoms with van der Waals surface area (Å²) in [6.07, 6.45) is 0. The lowest BCUT2D eigenvalue weighted by molar-refractivity contribution is -0.143. The van der Waals surface area contributed by atoms with Gasteiger partial charge < -0.3 is 24.1 Å². The number of amides is 1. The van der Waals surface area contributed by atoms with Crippen LogP contribution in [-0.4, -0.2) is 67.7 Å². The second kappa shape index (κ2) is 9.83. The summed E-state index contributed by atoms with van der Waals surface area (Å²) in [5.74, 6) is -1.39. The lowest BCUT2D eigenvalue weighted by Gasteiger charge is -2.21. The van der Waals surface area contributed by atoms with Crippen LogP contribution in [0.25, 0.3) is 0 Å². The molecule has 0 saturated heterocycles. The molecule has 25 heavy (non-hydrogen) atoms. The molecule has 1 aromatic rings. The van der Waals surface area contributed by atoms with Crippen molar-refractivity contribution in [3.8, 4) is 0 Å². The van der Waals surface area contributed by atoms with Crippen molar-refractivity contribution in [1.29, 1.82) is 0 Å². The number of aromatic nitrogens is 1. The molecule has 0 saturated carbocycles. The summed E-state index contributed by atoms with van der Waals surface area (Å²) in [6, 6.07) is 0. The highest BCUT2D eigenvalue weighted by Gasteiger charge is 2.27. The highest BCUT2D eigenvalue weighted by Crippen LogP contribution is 2.20. The molecule has 140 valence electrons. The molecular formula is C17H26N2O6. The summed E-state index contributed by atoms with van der Waals surface area (Å²) in [5, 5.41) is 0. The van der Waals surface area contributed by atoms with Gasteiger partial charge in [0.1, 0.15) is 12.2 Å². The van der Waals surface area contributed by atoms with Gasteiger partial charge in [-0.3, -0.25) is 9.59 Å². The number of nitrogens with zero attached hydrogens (tertiary/aromatic N) is 1. The van der Waals surface area contributed by atoms with E-state index in [1.165, 1.54) is 12.0 Å². The smallest absolute Gasteiger partial charge is 0.340 e. The predicted octanol–water partition coefficient (Wildman–Crippen LogP) is 1.46. The van der Waals surface area contributed by atoms with Crippen LogP contribution in [0.3, 0.4) is 0 Å². The number of carbonyl (C=O) groups is 3. The van der Waals surface area contributed by atoms with Gasteiger partial charge in [-0.15, -0.1) is 0 Å². The fraction of sp³-hybridized carbons (Fsp3) is 0.588. The minimum atomic E-state index is -0.501. The van der Waals surface area contributed by atoms with Crippen LogP contribution in [0, 0.1) is 13.8 Å². The van der Waals surface area contributed by atoms with Crippen LogP contribution >= 0.6 is 0 Å². The van der Waals surface area contributed by atoms with Crippen molar-refractivity contribution < 1.29 is 28.6 Å². The predicted molar refractivity (Wildman–Crippen MR) is 90.6 cm³/mol. The van der Waals surface area contributed by atoms with Gasteiger partial charge in [0.2, 0.25) is 0 Å². The van der Waals surface area contributed by atoms with E-state index in [0.717, 1.165) is 0 Å². The van der Waals surface area contributed by atoms with E-state index in [4.69, 9.17) is 14.2 Å². The molecule has 1 rings (SSSR count). The molecule has 0 aromatic carbocycles. The maximum atomic E-state index is 12.8. The zero-order chi connectivity index (χ0) is 19.0. The van der Waals surface area contributed by atoms with E-state index < -0.39 is 17.8 Å². The van der Waals surface area contributed by atoms with Crippen LogP contribution in [-0.2, 0) is 19.0 Å². The van der Waals surface area contributed by atoms with Gasteiger partial charge in [0.05, 0.1) is 25.4 Å². The molecule has 0 aliphatic rings. The molecule has 8 nitrogen and oxygen atoms in total. The Balaban J connectivity index is 3.09. The van der Waals surface area contributed by atoms with Gasteiger partial charge in [-0.05, 0) is 33.3 Å². The summed E-state index contributed by atoms with van der Waals surface area (Å²) >= 11 is 0. The minimum absolute atomic E-state index is 0.192. The number of esters is 2. The van der Waals surface area contributed by atoms with Gasteiger partial charge in [-0.2, -0.15) is 0 Å². The summed E-state index contributed by atoms with van der Waals surface area (Å²) in [7, 11) is 1.51. The van der Waals surface area contributed by atoms with Crippen molar-refractivity contribution in [2.75, 3.05) is 40.0 Å². The van der Waals surface area contributed by atoms with Gasteiger partial charge >= 0.3 is 11.9 Å². The van der Waals surface area contributed by atoms with E-state index in [1.807, 2.05) is 0 Å². The first kappa shape index (κ1) is 20.7. The summed E-state index contributed by atoms with van der Waals surface area (Å²) in [6.45, 7) is 7.56. The average molecular weight is 354 g/mol. The first-order valence-corrected chi connectivity index (χ1v) is 8.17. The molecule has 1 amide bonds. The summed E-state index contributed by atoms with van der Waals surface area (Å²) in [5.41, 5.74) is 1.63. The molecule has 1 aromatic heterocycles. The number of methoxy groups -OCH3 is 1. The van der Waals surface area contributed by atoms with E-state index >= 15 is 0 Å². The molecule has 0 fully saturated rings. The van der Waals surface area contributed by atoms with E-state index in [2.05, 4.69) is 4.98 Å². The first-order valence-electron chi connectivity index (χ1n) is 8.17. The minimum Gasteiger partial charge on any atom is -0.465 e. The Hall–Kier alpha value is -2.35. The number of carbonyl (C=O) groups excluding carboxylic acids is 3. The summed E-state index contributed by atoms with van der Waals surface area (Å²) in [4.78, 5) is 40.9. The molecule has 1 heterocycles. The van der Waals surface area contributed by atoms with Crippen molar-refractivity contribution >= 4 is 17.8 Å². The molecule has 0 atom stereocenters. The van der Waals surface area contributed by atoms with Crippen molar-refractivity contribution in [2.24, 2.45) is 0 Å². The average Bonchev–Trinajstić information content (AvgIpc) is 2.85. The third-order valence-corrected chi connectivity index (χ3v) is 3.61. The normalized spacial score (nSPS) is 10.4. The van der Waals surface area contributed by atoms with Crippen LogP contribution in [0.1, 0.15) is 46.0 Å². The lowest BCUT2D eigenvalue weighted by Crippen LogP contribution is -2.39. The number of rotatable bonds is 9. The van der Waals surface area contributed by atoms with Gasteiger partial charge in [-0.25, -0.2) is 4.79 Å². The van der Waals surface area contributed by atoms with Crippen molar-refractivity contribution in [1.82, 2.24) is 9.88 Å². The molecule has 8 heteroatoms. The SMILES string of the molecule is CCOC(=O)CN(CCOC)C(=O)c1[nH]c(C)c(C(=O)OCC)c1C. The Bertz CT molecular complexity index is 623. The molecule has 0 spiro atoms. The van der Waals surface area contributed by atoms with Crippen LogP contribution in [0.2, 0.25) is 0 Å². The molecule has 0 unspecified atom stereocenters. The maximum absolute atomic E-state index is 12.8. The Morgan fingerprint density at radius 3 is 2.28 bits per heavy atom. The second-order valence-corrected chi connectivity index (χ2v) is 5.37. The number of H-pyrrole nitrogens is 1. The van der Waals surface area contributed by atoms with E-state index in [1.54, 1.807) is 27.7 Å². The van der Waals surface area contributed by atoms with E-state index in [-0.39, 0.29) is 38.6 Å². The third kappa shape index (κ3) is 5.32. The zero-order valence-electron chi connectivity index (χ0n) is 15.4. The molecule has 0 aliphatic heterocycles. The number of hydrogen-bond acceptors (Lipinski definition) is 6. The Kier molecular flexibility index (Phi) is 8.13. The largest absolute Gasteiger partial charge is 0.465 e. The molecular weight excluding hydrogens is 328 g/mol. The van der Waals surface area contributed by atoms with Crippen LogP contribution in [0.5, 0.6) is 0 Å². The first-order chi connectivity index (χ1) is 11.9. The number of nitrogens with one attached hydrogen (secondary N) is 1. The van der Waals surface area contributed by atoms with Crippen molar-refractivity contribution in [3.05, 3.63) is 22.5 Å². The number of hydrogen-bond donors (Lipinski definition) is 1. The fourth-order valence-corrected chi connectivity index (χ4v) is 2.45. The number of ether oxygens (including phenoxy) is 3. The lowest BCUT2D eigenvalue weighted by atomic mass is 10.1. The summed E-state index contributed by atoms with van der Waals surface area (Å²) < 4.78 is 14.9. The zero-order valence-corrected chi connectivity index (χ0v) is 15.4. The van der Waals surface area contributed by atoms with Crippen molar-refractivity contribution in [3.63, 3.8) is 0 Å². The molecule has 0 aliphatic carbocycles. The monoisotopic (exact) mass is 354 g/mol. The second-order valence-electron chi connectivity index (χ2n) is 5.37. The molecule has 0 radical (unpaired) electrons. The Morgan fingerprint density at radius 2 is 1.72 bits per heavy atom. The van der Waals surface area contributed by atoms with Crippen LogP contribution in [0.4, 0.5) is 0 Å². The molecule has 1 N–H and O–H groups in total. The highest BCUT2D eigenvalue weighted by atomic mass is 16.5. The van der Waals surface area contributed by atoms with Gasteiger partial charge in [0.25, 0.3) is 5.91 Å². The van der Waals surface area contributed by atoms with Crippen molar-refractivity contribution in [2.45, 2.75) is 27.7 Å². The van der Waals surface area contributed by atoms with E-state index in [0.29, 0.717) is 16.8 Å². The standard InChI is InChI=1S/C17H26N2O6/c1-6-24-13(20)10-19(8-9-23-5)16(21)15-11(3)14(12(4)18-15)17(22)25-7-2/h18H,6-10H2,1-5H3. The van der Waals surface area contributed by atoms with Gasteiger partial charge in [-0.1, -0.05) is 0 Å². The van der Waals surface area contributed by atoms with Crippen LogP contribution < -0.4 is 0 Å². The number of aryl methyl sites for hydroxylation is 1. The Morgan fingerprint density at radius 1 is 1.08 bits per heavy atom. The Labute approximate surface area is 147 Å². The highest BCUT2D eigenvalue weighted by molar-refractivity contribution is 6.01. The maximum Gasteiger partial charge on any atom is 0.340 e. The topological polar surface area (TPSA) is 97.9 Å².